The number of para-hydroxylation sites is 1. The fourth-order valence-corrected chi connectivity index (χ4v) is 1.93. The van der Waals surface area contributed by atoms with Gasteiger partial charge in [0.1, 0.15) is 11.3 Å². The fourth-order valence-electron chi connectivity index (χ4n) is 1.46. The van der Waals surface area contributed by atoms with Gasteiger partial charge in [0.25, 0.3) is 5.97 Å². The van der Waals surface area contributed by atoms with Crippen LogP contribution in [0.25, 0.3) is 10.9 Å². The summed E-state index contributed by atoms with van der Waals surface area (Å²) in [7, 11) is 0. The third-order valence-electron chi connectivity index (χ3n) is 2.21. The predicted molar refractivity (Wildman–Crippen MR) is 64.6 cm³/mol. The van der Waals surface area contributed by atoms with Gasteiger partial charge in [0.15, 0.2) is 0 Å². The molecule has 0 aliphatic carbocycles. The summed E-state index contributed by atoms with van der Waals surface area (Å²) in [6.45, 7) is 3.29. The third-order valence-corrected chi connectivity index (χ3v) is 2.99. The first-order valence-electron chi connectivity index (χ1n) is 5.19. The van der Waals surface area contributed by atoms with Crippen LogP contribution in [0.3, 0.4) is 0 Å². The van der Waals surface area contributed by atoms with Crippen LogP contribution >= 0.6 is 0 Å². The van der Waals surface area contributed by atoms with Gasteiger partial charge in [-0.2, -0.15) is 0 Å². The van der Waals surface area contributed by atoms with Crippen molar-refractivity contribution in [2.75, 3.05) is 0 Å². The highest BCUT2D eigenvalue weighted by Crippen LogP contribution is 2.23. The van der Waals surface area contributed by atoms with Crippen molar-refractivity contribution >= 4 is 32.8 Å². The minimum absolute atomic E-state index is 0.329. The molecule has 1 aromatic carbocycles. The maximum atomic E-state index is 10.7. The second-order valence-electron chi connectivity index (χ2n) is 3.60. The average molecular weight is 244 g/mol. The number of rotatable bonds is 3. The summed E-state index contributed by atoms with van der Waals surface area (Å²) in [5.74, 6) is 0.326. The lowest BCUT2D eigenvalue weighted by atomic mass is 10.2. The fraction of sp³-hybridized carbons (Fsp3) is 0.167. The first-order valence-corrected chi connectivity index (χ1v) is 6.13. The number of carbonyl (C=O) groups is 1. The zero-order chi connectivity index (χ0) is 12.3. The van der Waals surface area contributed by atoms with Gasteiger partial charge in [-0.3, -0.25) is 4.79 Å². The monoisotopic (exact) mass is 244 g/mol. The van der Waals surface area contributed by atoms with Gasteiger partial charge in [0, 0.05) is 18.0 Å². The van der Waals surface area contributed by atoms with Crippen molar-refractivity contribution in [3.8, 4) is 5.75 Å². The van der Waals surface area contributed by atoms with Crippen molar-refractivity contribution in [2.24, 2.45) is 0 Å². The predicted octanol–water partition coefficient (Wildman–Crippen LogP) is 2.02. The number of benzene rings is 1. The Morgan fingerprint density at radius 2 is 2.12 bits per heavy atom. The van der Waals surface area contributed by atoms with E-state index in [1.165, 1.54) is 6.92 Å². The van der Waals surface area contributed by atoms with Gasteiger partial charge >= 0.3 is 15.9 Å². The molecule has 0 aliphatic rings. The van der Waals surface area contributed by atoms with Crippen LogP contribution in [0.1, 0.15) is 12.6 Å². The van der Waals surface area contributed by atoms with E-state index in [1.807, 2.05) is 37.3 Å². The van der Waals surface area contributed by atoms with E-state index in [-0.39, 0.29) is 5.97 Å². The summed E-state index contributed by atoms with van der Waals surface area (Å²) >= 11 is -0.832. The quantitative estimate of drug-likeness (QED) is 0.775. The normalized spacial score (nSPS) is 10.0. The minimum Gasteiger partial charge on any atom is -0.614 e. The summed E-state index contributed by atoms with van der Waals surface area (Å²) < 4.78 is 10.3. The molecule has 1 aromatic heterocycles. The Hall–Kier alpha value is -1.57. The number of hydrogen-bond donors (Lipinski definition) is 0. The Bertz CT molecular complexity index is 556. The Balaban J connectivity index is 2.27. The van der Waals surface area contributed by atoms with Crippen LogP contribution in [0.5, 0.6) is 5.75 Å². The van der Waals surface area contributed by atoms with Gasteiger partial charge in [-0.15, -0.1) is 0 Å². The van der Waals surface area contributed by atoms with Crippen LogP contribution < -0.4 is 3.79 Å². The Labute approximate surface area is 106 Å². The number of fused-ring (bicyclic) bond motifs is 1. The maximum Gasteiger partial charge on any atom is 0.883 e. The van der Waals surface area contributed by atoms with E-state index in [0.717, 1.165) is 16.6 Å². The Morgan fingerprint density at radius 1 is 1.29 bits per heavy atom. The van der Waals surface area contributed by atoms with Crippen LogP contribution in [0.15, 0.2) is 30.3 Å². The lowest BCUT2D eigenvalue weighted by molar-refractivity contribution is -0.132. The van der Waals surface area contributed by atoms with E-state index in [9.17, 15) is 4.79 Å². The molecule has 0 atom stereocenters. The number of aromatic nitrogens is 1. The van der Waals surface area contributed by atoms with E-state index in [2.05, 4.69) is 4.98 Å². The van der Waals surface area contributed by atoms with E-state index in [1.54, 1.807) is 0 Å². The molecule has 5 heteroatoms. The number of aryl methyl sites for hydroxylation is 1. The van der Waals surface area contributed by atoms with Crippen LogP contribution in [-0.4, -0.2) is 26.8 Å². The zero-order valence-electron chi connectivity index (χ0n) is 9.64. The van der Waals surface area contributed by atoms with Crippen molar-refractivity contribution in [2.45, 2.75) is 13.8 Å². The second-order valence-corrected chi connectivity index (χ2v) is 4.27. The lowest BCUT2D eigenvalue weighted by Gasteiger charge is -2.08. The van der Waals surface area contributed by atoms with Crippen LogP contribution in [-0.2, 0) is 8.58 Å². The average Bonchev–Trinajstić information content (AvgIpc) is 2.29. The molecule has 4 nitrogen and oxygen atoms in total. The molecule has 0 unspecified atom stereocenters. The van der Waals surface area contributed by atoms with Crippen molar-refractivity contribution in [1.29, 1.82) is 0 Å². The molecule has 0 saturated carbocycles. The molecular weight excluding hydrogens is 233 g/mol. The van der Waals surface area contributed by atoms with E-state index < -0.39 is 15.9 Å². The lowest BCUT2D eigenvalue weighted by Crippen LogP contribution is -2.11. The van der Waals surface area contributed by atoms with Gasteiger partial charge in [0.2, 0.25) is 0 Å². The molecule has 0 N–H and O–H groups in total. The molecule has 1 radical (unpaired) electrons. The number of carbonyl (C=O) groups excluding carboxylic acids is 1. The first kappa shape index (κ1) is 11.9. The number of hydrogen-bond acceptors (Lipinski definition) is 4. The topological polar surface area (TPSA) is 48.4 Å². The Morgan fingerprint density at radius 3 is 2.88 bits per heavy atom. The standard InChI is InChI=1S/C10H9NO.C2H4O2.Al/c1-7-5-6-8-3-2-4-9(12)10(8)11-7;1-2(3)4;/h2-6,12H,1H3;1H3,(H,3,4);/q;;+2/p-2. The molecule has 0 saturated heterocycles. The van der Waals surface area contributed by atoms with Crippen LogP contribution in [0, 0.1) is 6.92 Å². The second kappa shape index (κ2) is 5.17. The van der Waals surface area contributed by atoms with Crippen molar-refractivity contribution in [3.05, 3.63) is 36.0 Å². The van der Waals surface area contributed by atoms with Crippen molar-refractivity contribution < 1.29 is 12.4 Å². The molecule has 1 heterocycles. The molecule has 0 bridgehead atoms. The SMILES string of the molecule is CC(=O)[O][Al][O]c1cccc2ccc(C)nc12. The van der Waals surface area contributed by atoms with E-state index in [4.69, 9.17) is 7.58 Å². The highest BCUT2D eigenvalue weighted by molar-refractivity contribution is 6.23. The summed E-state index contributed by atoms with van der Waals surface area (Å²) in [5, 5.41) is 1.01. The summed E-state index contributed by atoms with van der Waals surface area (Å²) in [4.78, 5) is 15.1. The van der Waals surface area contributed by atoms with Gasteiger partial charge in [-0.25, -0.2) is 4.98 Å². The molecule has 0 fully saturated rings. The largest absolute Gasteiger partial charge is 0.883 e. The molecule has 85 valence electrons. The first-order chi connectivity index (χ1) is 8.16. The van der Waals surface area contributed by atoms with Gasteiger partial charge in [-0.1, -0.05) is 18.2 Å². The van der Waals surface area contributed by atoms with Gasteiger partial charge in [0.05, 0.1) is 0 Å². The smallest absolute Gasteiger partial charge is 0.614 e. The molecule has 0 aliphatic heterocycles. The molecule has 0 spiro atoms. The van der Waals surface area contributed by atoms with Crippen molar-refractivity contribution in [3.63, 3.8) is 0 Å². The number of pyridine rings is 1. The highest BCUT2D eigenvalue weighted by Gasteiger charge is 2.09. The number of nitrogens with zero attached hydrogens (tertiary/aromatic N) is 1. The van der Waals surface area contributed by atoms with E-state index in [0.29, 0.717) is 5.75 Å². The van der Waals surface area contributed by atoms with Gasteiger partial charge in [-0.05, 0) is 19.1 Å². The molecule has 17 heavy (non-hydrogen) atoms. The van der Waals surface area contributed by atoms with Gasteiger partial charge < -0.3 is 7.58 Å². The molecule has 0 amide bonds. The summed E-state index contributed by atoms with van der Waals surface area (Å²) in [6, 6.07) is 9.62. The maximum absolute atomic E-state index is 10.7. The van der Waals surface area contributed by atoms with Crippen LogP contribution in [0.4, 0.5) is 0 Å². The molecule has 2 rings (SSSR count). The Kier molecular flexibility index (Phi) is 3.62. The summed E-state index contributed by atoms with van der Waals surface area (Å²) in [6.07, 6.45) is 0. The zero-order valence-corrected chi connectivity index (χ0v) is 10.8. The van der Waals surface area contributed by atoms with Crippen LogP contribution in [0.2, 0.25) is 0 Å². The summed E-state index contributed by atoms with van der Waals surface area (Å²) in [5.41, 5.74) is 1.73. The third kappa shape index (κ3) is 2.96. The van der Waals surface area contributed by atoms with Crippen molar-refractivity contribution in [1.82, 2.24) is 4.98 Å². The minimum atomic E-state index is -0.832. The highest BCUT2D eigenvalue weighted by atomic mass is 27.2. The molecule has 2 aromatic rings. The molecular formula is C12H11AlNO3. The van der Waals surface area contributed by atoms with E-state index >= 15 is 0 Å².